The Balaban J connectivity index is 0.00000242. The van der Waals surface area contributed by atoms with Gasteiger partial charge in [-0.1, -0.05) is 19.1 Å². The molecule has 1 heterocycles. The molecule has 1 unspecified atom stereocenters. The largest absolute Gasteiger partial charge is 0.497 e. The average molecular weight is 324 g/mol. The van der Waals surface area contributed by atoms with E-state index in [1.165, 1.54) is 11.3 Å². The average Bonchev–Trinajstić information content (AvgIpc) is 2.99. The molecule has 1 aromatic carbocycles. The SMILES string of the molecule is CCC(C)n1nccc1CNCCc1cccc(OC)c1.Cl. The maximum atomic E-state index is 5.24. The highest BCUT2D eigenvalue weighted by molar-refractivity contribution is 5.85. The number of benzene rings is 1. The van der Waals surface area contributed by atoms with Gasteiger partial charge in [0.1, 0.15) is 5.75 Å². The molecule has 1 N–H and O–H groups in total. The first-order valence-electron chi connectivity index (χ1n) is 7.60. The summed E-state index contributed by atoms with van der Waals surface area (Å²) in [7, 11) is 1.70. The Hall–Kier alpha value is -1.52. The summed E-state index contributed by atoms with van der Waals surface area (Å²) >= 11 is 0. The molecular weight excluding hydrogens is 298 g/mol. The van der Waals surface area contributed by atoms with Gasteiger partial charge in [-0.15, -0.1) is 12.4 Å². The third-order valence-corrected chi connectivity index (χ3v) is 3.79. The van der Waals surface area contributed by atoms with Crippen LogP contribution in [0.15, 0.2) is 36.5 Å². The van der Waals surface area contributed by atoms with E-state index in [-0.39, 0.29) is 12.4 Å². The summed E-state index contributed by atoms with van der Waals surface area (Å²) in [5, 5.41) is 7.90. The summed E-state index contributed by atoms with van der Waals surface area (Å²) in [6.45, 7) is 6.19. The van der Waals surface area contributed by atoms with Crippen LogP contribution >= 0.6 is 12.4 Å². The van der Waals surface area contributed by atoms with Gasteiger partial charge >= 0.3 is 0 Å². The number of rotatable bonds is 8. The molecule has 122 valence electrons. The third kappa shape index (κ3) is 5.04. The number of halogens is 1. The fourth-order valence-electron chi connectivity index (χ4n) is 2.33. The summed E-state index contributed by atoms with van der Waals surface area (Å²) in [6, 6.07) is 10.8. The summed E-state index contributed by atoms with van der Waals surface area (Å²) in [5.74, 6) is 0.919. The van der Waals surface area contributed by atoms with Gasteiger partial charge in [-0.3, -0.25) is 4.68 Å². The van der Waals surface area contributed by atoms with Gasteiger partial charge in [0.25, 0.3) is 0 Å². The Bertz CT molecular complexity index is 556. The van der Waals surface area contributed by atoms with E-state index in [0.717, 1.165) is 31.7 Å². The number of methoxy groups -OCH3 is 1. The van der Waals surface area contributed by atoms with Crippen LogP contribution in [0.4, 0.5) is 0 Å². The Morgan fingerprint density at radius 2 is 2.14 bits per heavy atom. The molecule has 0 saturated heterocycles. The zero-order chi connectivity index (χ0) is 15.1. The van der Waals surface area contributed by atoms with E-state index >= 15 is 0 Å². The van der Waals surface area contributed by atoms with Gasteiger partial charge in [-0.2, -0.15) is 5.10 Å². The van der Waals surface area contributed by atoms with Crippen LogP contribution in [0, 0.1) is 0 Å². The van der Waals surface area contributed by atoms with Crippen molar-refractivity contribution in [2.45, 2.75) is 39.3 Å². The first kappa shape index (κ1) is 18.5. The second kappa shape index (κ2) is 9.49. The van der Waals surface area contributed by atoms with Crippen LogP contribution in [0.3, 0.4) is 0 Å². The number of nitrogens with zero attached hydrogens (tertiary/aromatic N) is 2. The van der Waals surface area contributed by atoms with Crippen molar-refractivity contribution in [3.63, 3.8) is 0 Å². The van der Waals surface area contributed by atoms with Crippen molar-refractivity contribution >= 4 is 12.4 Å². The molecule has 0 saturated carbocycles. The van der Waals surface area contributed by atoms with E-state index < -0.39 is 0 Å². The van der Waals surface area contributed by atoms with E-state index in [9.17, 15) is 0 Å². The minimum atomic E-state index is 0. The van der Waals surface area contributed by atoms with Crippen molar-refractivity contribution in [2.24, 2.45) is 0 Å². The first-order chi connectivity index (χ1) is 10.2. The van der Waals surface area contributed by atoms with Crippen LogP contribution < -0.4 is 10.1 Å². The molecule has 22 heavy (non-hydrogen) atoms. The molecule has 0 aliphatic rings. The summed E-state index contributed by atoms with van der Waals surface area (Å²) < 4.78 is 7.35. The van der Waals surface area contributed by atoms with Crippen molar-refractivity contribution < 1.29 is 4.74 Å². The minimum absolute atomic E-state index is 0. The monoisotopic (exact) mass is 323 g/mol. The van der Waals surface area contributed by atoms with Gasteiger partial charge in [0.05, 0.1) is 12.8 Å². The van der Waals surface area contributed by atoms with Crippen molar-refractivity contribution in [3.8, 4) is 5.75 Å². The molecule has 2 rings (SSSR count). The van der Waals surface area contributed by atoms with Crippen molar-refractivity contribution in [1.29, 1.82) is 0 Å². The molecule has 0 amide bonds. The molecule has 0 radical (unpaired) electrons. The molecule has 0 spiro atoms. The van der Waals surface area contributed by atoms with Gasteiger partial charge in [0.15, 0.2) is 0 Å². The normalized spacial score (nSPS) is 11.8. The topological polar surface area (TPSA) is 39.1 Å². The molecule has 5 heteroatoms. The van der Waals surface area contributed by atoms with Gasteiger partial charge in [0.2, 0.25) is 0 Å². The smallest absolute Gasteiger partial charge is 0.119 e. The minimum Gasteiger partial charge on any atom is -0.497 e. The van der Waals surface area contributed by atoms with Gasteiger partial charge in [0, 0.05) is 18.8 Å². The van der Waals surface area contributed by atoms with Gasteiger partial charge < -0.3 is 10.1 Å². The van der Waals surface area contributed by atoms with E-state index in [2.05, 4.69) is 47.1 Å². The fraction of sp³-hybridized carbons (Fsp3) is 0.471. The lowest BCUT2D eigenvalue weighted by molar-refractivity contribution is 0.414. The zero-order valence-electron chi connectivity index (χ0n) is 13.6. The second-order valence-corrected chi connectivity index (χ2v) is 5.30. The zero-order valence-corrected chi connectivity index (χ0v) is 14.4. The molecular formula is C17H26ClN3O. The predicted molar refractivity (Wildman–Crippen MR) is 92.9 cm³/mol. The van der Waals surface area contributed by atoms with Crippen molar-refractivity contribution in [2.75, 3.05) is 13.7 Å². The van der Waals surface area contributed by atoms with Crippen LogP contribution in [0.1, 0.15) is 37.6 Å². The molecule has 1 atom stereocenters. The highest BCUT2D eigenvalue weighted by atomic mass is 35.5. The van der Waals surface area contributed by atoms with E-state index in [1.807, 2.05) is 18.3 Å². The number of hydrogen-bond acceptors (Lipinski definition) is 3. The lowest BCUT2D eigenvalue weighted by atomic mass is 10.1. The standard InChI is InChI=1S/C17H25N3O.ClH/c1-4-14(2)20-16(9-11-19-20)13-18-10-8-15-6-5-7-17(12-15)21-3;/h5-7,9,11-12,14,18H,4,8,10,13H2,1-3H3;1H. The van der Waals surface area contributed by atoms with Crippen LogP contribution in [0.5, 0.6) is 5.75 Å². The van der Waals surface area contributed by atoms with Crippen molar-refractivity contribution in [3.05, 3.63) is 47.8 Å². The van der Waals surface area contributed by atoms with Crippen LogP contribution in [-0.2, 0) is 13.0 Å². The Morgan fingerprint density at radius 3 is 2.86 bits per heavy atom. The summed E-state index contributed by atoms with van der Waals surface area (Å²) in [4.78, 5) is 0. The third-order valence-electron chi connectivity index (χ3n) is 3.79. The molecule has 0 fully saturated rings. The lowest BCUT2D eigenvalue weighted by Crippen LogP contribution is -2.20. The lowest BCUT2D eigenvalue weighted by Gasteiger charge is -2.14. The summed E-state index contributed by atoms with van der Waals surface area (Å²) in [6.07, 6.45) is 3.97. The number of hydrogen-bond donors (Lipinski definition) is 1. The Labute approximate surface area is 139 Å². The number of aromatic nitrogens is 2. The Kier molecular flexibility index (Phi) is 7.99. The molecule has 1 aromatic heterocycles. The maximum absolute atomic E-state index is 5.24. The van der Waals surface area contributed by atoms with Gasteiger partial charge in [-0.05, 0) is 50.1 Å². The summed E-state index contributed by atoms with van der Waals surface area (Å²) in [5.41, 5.74) is 2.53. The van der Waals surface area contributed by atoms with E-state index in [1.54, 1.807) is 7.11 Å². The van der Waals surface area contributed by atoms with E-state index in [0.29, 0.717) is 6.04 Å². The molecule has 4 nitrogen and oxygen atoms in total. The van der Waals surface area contributed by atoms with Crippen LogP contribution in [-0.4, -0.2) is 23.4 Å². The molecule has 2 aromatic rings. The molecule has 0 aliphatic carbocycles. The first-order valence-corrected chi connectivity index (χ1v) is 7.60. The second-order valence-electron chi connectivity index (χ2n) is 5.30. The fourth-order valence-corrected chi connectivity index (χ4v) is 2.33. The quantitative estimate of drug-likeness (QED) is 0.754. The predicted octanol–water partition coefficient (Wildman–Crippen LogP) is 3.62. The number of nitrogens with one attached hydrogen (secondary N) is 1. The van der Waals surface area contributed by atoms with Crippen LogP contribution in [0.25, 0.3) is 0 Å². The molecule has 0 aliphatic heterocycles. The number of ether oxygens (including phenoxy) is 1. The van der Waals surface area contributed by atoms with Gasteiger partial charge in [-0.25, -0.2) is 0 Å². The van der Waals surface area contributed by atoms with Crippen molar-refractivity contribution in [1.82, 2.24) is 15.1 Å². The van der Waals surface area contributed by atoms with E-state index in [4.69, 9.17) is 4.74 Å². The maximum Gasteiger partial charge on any atom is 0.119 e. The highest BCUT2D eigenvalue weighted by Crippen LogP contribution is 2.13. The van der Waals surface area contributed by atoms with Crippen LogP contribution in [0.2, 0.25) is 0 Å². The highest BCUT2D eigenvalue weighted by Gasteiger charge is 2.07. The Morgan fingerprint density at radius 1 is 1.32 bits per heavy atom. The molecule has 0 bridgehead atoms.